The number of nitrogens with one attached hydrogen (secondary N) is 1. The van der Waals surface area contributed by atoms with E-state index in [4.69, 9.17) is 0 Å². The van der Waals surface area contributed by atoms with Gasteiger partial charge in [-0.3, -0.25) is 4.79 Å². The number of nitrogens with zero attached hydrogens (tertiary/aromatic N) is 6. The number of amides is 1. The quantitative estimate of drug-likeness (QED) is 0.611. The standard InChI is InChI=1S/C16H13N7O/c24-16(13-5-8-23-15(10-13)19-20-21-23)17-11-12-3-1-4-14(9-12)22-7-2-6-18-22/h1-10H,11H2,(H,17,24). The Hall–Kier alpha value is -3.55. The van der Waals surface area contributed by atoms with Gasteiger partial charge in [-0.15, -0.1) is 5.10 Å². The fourth-order valence-corrected chi connectivity index (χ4v) is 2.40. The number of hydrogen-bond donors (Lipinski definition) is 1. The molecule has 0 radical (unpaired) electrons. The van der Waals surface area contributed by atoms with E-state index in [1.807, 2.05) is 36.5 Å². The van der Waals surface area contributed by atoms with Gasteiger partial charge in [-0.1, -0.05) is 12.1 Å². The predicted molar refractivity (Wildman–Crippen MR) is 85.5 cm³/mol. The monoisotopic (exact) mass is 319 g/mol. The lowest BCUT2D eigenvalue weighted by molar-refractivity contribution is 0.0951. The van der Waals surface area contributed by atoms with Crippen molar-refractivity contribution < 1.29 is 4.79 Å². The number of tetrazole rings is 1. The summed E-state index contributed by atoms with van der Waals surface area (Å²) in [6, 6.07) is 13.0. The maximum absolute atomic E-state index is 12.3. The average molecular weight is 319 g/mol. The second-order valence-corrected chi connectivity index (χ2v) is 5.20. The largest absolute Gasteiger partial charge is 0.348 e. The van der Waals surface area contributed by atoms with E-state index in [1.165, 1.54) is 4.52 Å². The van der Waals surface area contributed by atoms with Crippen LogP contribution in [0, 0.1) is 0 Å². The summed E-state index contributed by atoms with van der Waals surface area (Å²) in [4.78, 5) is 12.3. The number of pyridine rings is 1. The minimum absolute atomic E-state index is 0.176. The number of carbonyl (C=O) groups excluding carboxylic acids is 1. The van der Waals surface area contributed by atoms with Crippen molar-refractivity contribution in [1.82, 2.24) is 35.1 Å². The van der Waals surface area contributed by atoms with Crippen LogP contribution in [0.3, 0.4) is 0 Å². The summed E-state index contributed by atoms with van der Waals surface area (Å²) < 4.78 is 3.28. The molecule has 0 aliphatic carbocycles. The van der Waals surface area contributed by atoms with E-state index < -0.39 is 0 Å². The van der Waals surface area contributed by atoms with Gasteiger partial charge in [-0.2, -0.15) is 5.10 Å². The van der Waals surface area contributed by atoms with Gasteiger partial charge in [0.15, 0.2) is 5.65 Å². The van der Waals surface area contributed by atoms with Crippen molar-refractivity contribution in [2.45, 2.75) is 6.54 Å². The molecule has 0 atom stereocenters. The van der Waals surface area contributed by atoms with Crippen LogP contribution < -0.4 is 5.32 Å². The van der Waals surface area contributed by atoms with Gasteiger partial charge in [-0.05, 0) is 46.3 Å². The molecule has 0 saturated heterocycles. The number of rotatable bonds is 4. The van der Waals surface area contributed by atoms with Gasteiger partial charge < -0.3 is 5.32 Å². The van der Waals surface area contributed by atoms with Crippen molar-refractivity contribution in [3.05, 3.63) is 72.2 Å². The van der Waals surface area contributed by atoms with Crippen LogP contribution in [0.1, 0.15) is 15.9 Å². The number of benzene rings is 1. The Labute approximate surface area is 136 Å². The van der Waals surface area contributed by atoms with Crippen molar-refractivity contribution in [3.63, 3.8) is 0 Å². The average Bonchev–Trinajstić information content (AvgIpc) is 3.30. The zero-order valence-electron chi connectivity index (χ0n) is 12.6. The molecule has 0 fully saturated rings. The highest BCUT2D eigenvalue weighted by Gasteiger charge is 2.08. The summed E-state index contributed by atoms with van der Waals surface area (Å²) in [6.07, 6.45) is 5.26. The zero-order valence-corrected chi connectivity index (χ0v) is 12.6. The van der Waals surface area contributed by atoms with Crippen LogP contribution in [0.5, 0.6) is 0 Å². The molecule has 8 heteroatoms. The Bertz CT molecular complexity index is 991. The first-order valence-corrected chi connectivity index (χ1v) is 7.34. The third-order valence-electron chi connectivity index (χ3n) is 3.59. The topological polar surface area (TPSA) is 90.0 Å². The molecule has 1 aromatic carbocycles. The van der Waals surface area contributed by atoms with Crippen molar-refractivity contribution >= 4 is 11.6 Å². The Morgan fingerprint density at radius 1 is 1.12 bits per heavy atom. The number of carbonyl (C=O) groups is 1. The minimum Gasteiger partial charge on any atom is -0.348 e. The van der Waals surface area contributed by atoms with Crippen molar-refractivity contribution in [2.75, 3.05) is 0 Å². The third-order valence-corrected chi connectivity index (χ3v) is 3.59. The van der Waals surface area contributed by atoms with E-state index in [1.54, 1.807) is 29.2 Å². The van der Waals surface area contributed by atoms with E-state index in [0.29, 0.717) is 17.8 Å². The van der Waals surface area contributed by atoms with E-state index in [9.17, 15) is 4.79 Å². The molecule has 1 amide bonds. The summed E-state index contributed by atoms with van der Waals surface area (Å²) in [5.41, 5.74) is 2.98. The highest BCUT2D eigenvalue weighted by molar-refractivity contribution is 5.94. The third kappa shape index (κ3) is 2.72. The lowest BCUT2D eigenvalue weighted by Gasteiger charge is -2.07. The molecule has 0 spiro atoms. The van der Waals surface area contributed by atoms with Crippen LogP contribution in [-0.4, -0.2) is 35.7 Å². The Kier molecular flexibility index (Phi) is 3.47. The molecule has 3 aromatic heterocycles. The van der Waals surface area contributed by atoms with Crippen LogP contribution in [0.2, 0.25) is 0 Å². The molecule has 24 heavy (non-hydrogen) atoms. The second kappa shape index (κ2) is 5.92. The number of aromatic nitrogens is 6. The van der Waals surface area contributed by atoms with E-state index >= 15 is 0 Å². The Balaban J connectivity index is 1.48. The van der Waals surface area contributed by atoms with Crippen LogP contribution in [-0.2, 0) is 6.54 Å². The first-order chi connectivity index (χ1) is 11.8. The van der Waals surface area contributed by atoms with E-state index in [0.717, 1.165) is 11.3 Å². The van der Waals surface area contributed by atoms with Gasteiger partial charge in [0.25, 0.3) is 5.91 Å². The van der Waals surface area contributed by atoms with Crippen LogP contribution in [0.15, 0.2) is 61.1 Å². The van der Waals surface area contributed by atoms with Crippen molar-refractivity contribution in [1.29, 1.82) is 0 Å². The number of fused-ring (bicyclic) bond motifs is 1. The normalized spacial score (nSPS) is 10.8. The fourth-order valence-electron chi connectivity index (χ4n) is 2.40. The maximum atomic E-state index is 12.3. The fraction of sp³-hybridized carbons (Fsp3) is 0.0625. The first-order valence-electron chi connectivity index (χ1n) is 7.34. The van der Waals surface area contributed by atoms with E-state index in [2.05, 4.69) is 25.9 Å². The van der Waals surface area contributed by atoms with Crippen LogP contribution in [0.25, 0.3) is 11.3 Å². The summed E-state index contributed by atoms with van der Waals surface area (Å²) in [7, 11) is 0. The molecule has 1 N–H and O–H groups in total. The van der Waals surface area contributed by atoms with Gasteiger partial charge >= 0.3 is 0 Å². The lowest BCUT2D eigenvalue weighted by Crippen LogP contribution is -2.23. The Morgan fingerprint density at radius 2 is 2.08 bits per heavy atom. The molecule has 8 nitrogen and oxygen atoms in total. The van der Waals surface area contributed by atoms with Gasteiger partial charge in [0.05, 0.1) is 5.69 Å². The smallest absolute Gasteiger partial charge is 0.251 e. The van der Waals surface area contributed by atoms with Gasteiger partial charge in [0, 0.05) is 30.7 Å². The summed E-state index contributed by atoms with van der Waals surface area (Å²) in [5.74, 6) is -0.176. The highest BCUT2D eigenvalue weighted by Crippen LogP contribution is 2.10. The summed E-state index contributed by atoms with van der Waals surface area (Å²) in [6.45, 7) is 0.421. The van der Waals surface area contributed by atoms with Crippen LogP contribution in [0.4, 0.5) is 0 Å². The molecule has 3 heterocycles. The molecular weight excluding hydrogens is 306 g/mol. The SMILES string of the molecule is O=C(NCc1cccc(-n2cccn2)c1)c1ccn2nnnc2c1. The molecule has 4 aromatic rings. The van der Waals surface area contributed by atoms with Gasteiger partial charge in [0.2, 0.25) is 0 Å². The highest BCUT2D eigenvalue weighted by atomic mass is 16.1. The second-order valence-electron chi connectivity index (χ2n) is 5.20. The molecule has 4 rings (SSSR count). The molecule has 0 saturated carbocycles. The van der Waals surface area contributed by atoms with E-state index in [-0.39, 0.29) is 5.91 Å². The Morgan fingerprint density at radius 3 is 2.96 bits per heavy atom. The van der Waals surface area contributed by atoms with Crippen LogP contribution >= 0.6 is 0 Å². The lowest BCUT2D eigenvalue weighted by atomic mass is 10.2. The van der Waals surface area contributed by atoms with Crippen molar-refractivity contribution in [2.24, 2.45) is 0 Å². The molecule has 118 valence electrons. The van der Waals surface area contributed by atoms with Gasteiger partial charge in [0.1, 0.15) is 0 Å². The molecule has 0 aliphatic heterocycles. The zero-order chi connectivity index (χ0) is 16.4. The first kappa shape index (κ1) is 14.1. The maximum Gasteiger partial charge on any atom is 0.251 e. The summed E-state index contributed by atoms with van der Waals surface area (Å²) in [5, 5.41) is 18.2. The predicted octanol–water partition coefficient (Wildman–Crippen LogP) is 1.24. The van der Waals surface area contributed by atoms with Gasteiger partial charge in [-0.25, -0.2) is 9.20 Å². The van der Waals surface area contributed by atoms with Crippen molar-refractivity contribution in [3.8, 4) is 5.69 Å². The molecule has 0 unspecified atom stereocenters. The minimum atomic E-state index is -0.176. The molecule has 0 bridgehead atoms. The summed E-state index contributed by atoms with van der Waals surface area (Å²) >= 11 is 0. The molecular formula is C16H13N7O. The number of hydrogen-bond acceptors (Lipinski definition) is 5. The molecule has 0 aliphatic rings.